The fourth-order valence-corrected chi connectivity index (χ4v) is 4.76. The van der Waals surface area contributed by atoms with Crippen LogP contribution in [0.3, 0.4) is 0 Å². The van der Waals surface area contributed by atoms with Crippen LogP contribution in [-0.4, -0.2) is 74.4 Å². The zero-order chi connectivity index (χ0) is 24.5. The molecule has 0 spiro atoms. The van der Waals surface area contributed by atoms with E-state index in [4.69, 9.17) is 25.2 Å². The maximum Gasteiger partial charge on any atom is 0.255 e. The van der Waals surface area contributed by atoms with Gasteiger partial charge in [-0.15, -0.1) is 0 Å². The summed E-state index contributed by atoms with van der Waals surface area (Å²) in [5.74, 6) is -0.513. The van der Waals surface area contributed by atoms with Gasteiger partial charge in [-0.05, 0) is 35.6 Å². The Morgan fingerprint density at radius 3 is 2.60 bits per heavy atom. The summed E-state index contributed by atoms with van der Waals surface area (Å²) in [6, 6.07) is 12.5. The fourth-order valence-electron chi connectivity index (χ4n) is 4.76. The minimum Gasteiger partial charge on any atom is -0.489 e. The number of fused-ring (bicyclic) bond motifs is 1. The van der Waals surface area contributed by atoms with Crippen molar-refractivity contribution in [1.82, 2.24) is 15.1 Å². The lowest BCUT2D eigenvalue weighted by molar-refractivity contribution is -0.136. The molecule has 3 amide bonds. The lowest BCUT2D eigenvalue weighted by Gasteiger charge is -2.37. The predicted molar refractivity (Wildman–Crippen MR) is 129 cm³/mol. The van der Waals surface area contributed by atoms with E-state index < -0.39 is 11.9 Å². The highest BCUT2D eigenvalue weighted by atomic mass is 16.5. The molecule has 10 heteroatoms. The number of hydrogen-bond acceptors (Lipinski definition) is 6. The van der Waals surface area contributed by atoms with Gasteiger partial charge < -0.3 is 19.3 Å². The van der Waals surface area contributed by atoms with Crippen LogP contribution in [0.4, 0.5) is 0 Å². The van der Waals surface area contributed by atoms with E-state index in [2.05, 4.69) is 10.2 Å². The molecular weight excluding hydrogens is 444 g/mol. The Kier molecular flexibility index (Phi) is 6.67. The molecule has 1 N–H and O–H groups in total. The summed E-state index contributed by atoms with van der Waals surface area (Å²) in [5.41, 5.74) is 3.39. The van der Waals surface area contributed by atoms with Gasteiger partial charge in [0.15, 0.2) is 0 Å². The van der Waals surface area contributed by atoms with Gasteiger partial charge in [-0.3, -0.25) is 19.7 Å². The molecule has 3 aliphatic rings. The van der Waals surface area contributed by atoms with Gasteiger partial charge in [0.25, 0.3) is 5.91 Å². The quantitative estimate of drug-likeness (QED) is 0.499. The number of nitrogens with one attached hydrogen (secondary N) is 1. The normalized spacial score (nSPS) is 24.9. The van der Waals surface area contributed by atoms with Gasteiger partial charge >= 0.3 is 0 Å². The van der Waals surface area contributed by atoms with Crippen LogP contribution >= 0.6 is 0 Å². The van der Waals surface area contributed by atoms with E-state index in [1.165, 1.54) is 4.90 Å². The van der Waals surface area contributed by atoms with Gasteiger partial charge in [0.05, 0.1) is 21.0 Å². The number of hydrogen-bond donors (Lipinski definition) is 1. The number of amides is 3. The molecule has 3 heterocycles. The summed E-state index contributed by atoms with van der Waals surface area (Å²) in [6.07, 6.45) is 0.550. The first kappa shape index (κ1) is 23.6. The van der Waals surface area contributed by atoms with E-state index in [-0.39, 0.29) is 36.7 Å². The van der Waals surface area contributed by atoms with Gasteiger partial charge in [-0.2, -0.15) is 0 Å². The van der Waals surface area contributed by atoms with Crippen LogP contribution in [0.25, 0.3) is 0 Å². The molecule has 3 unspecified atom stereocenters. The van der Waals surface area contributed by atoms with Crippen LogP contribution < -0.4 is 10.1 Å². The molecule has 2 fully saturated rings. The van der Waals surface area contributed by atoms with Crippen molar-refractivity contribution in [3.63, 3.8) is 0 Å². The van der Waals surface area contributed by atoms with Crippen LogP contribution in [-0.2, 0) is 34.0 Å². The minimum atomic E-state index is -0.651. The molecule has 2 aromatic rings. The van der Waals surface area contributed by atoms with Crippen molar-refractivity contribution in [3.05, 3.63) is 64.7 Å². The van der Waals surface area contributed by atoms with E-state index in [1.54, 1.807) is 12.1 Å². The van der Waals surface area contributed by atoms with Gasteiger partial charge in [0.1, 0.15) is 26.2 Å². The average Bonchev–Trinajstić information content (AvgIpc) is 3.18. The maximum atomic E-state index is 13.0. The lowest BCUT2D eigenvalue weighted by atomic mass is 9.89. The van der Waals surface area contributed by atoms with E-state index in [1.807, 2.05) is 30.3 Å². The highest BCUT2D eigenvalue weighted by Gasteiger charge is 2.40. The van der Waals surface area contributed by atoms with Crippen LogP contribution in [0.1, 0.15) is 39.9 Å². The summed E-state index contributed by atoms with van der Waals surface area (Å²) >= 11 is 0. The maximum absolute atomic E-state index is 13.0. The molecule has 5 rings (SSSR count). The van der Waals surface area contributed by atoms with Crippen molar-refractivity contribution in [1.29, 1.82) is 0 Å². The number of carbonyl (C=O) groups is 3. The third kappa shape index (κ3) is 4.99. The number of carbonyl (C=O) groups excluding carboxylic acids is 3. The first-order chi connectivity index (χ1) is 16.9. The second kappa shape index (κ2) is 9.87. The fraction of sp³-hybridized carbons (Fsp3) is 0.400. The van der Waals surface area contributed by atoms with Gasteiger partial charge in [0, 0.05) is 36.6 Å². The Hall–Kier alpha value is -3.10. The van der Waals surface area contributed by atoms with Crippen molar-refractivity contribution in [2.24, 2.45) is 0 Å². The van der Waals surface area contributed by atoms with E-state index >= 15 is 0 Å². The molecule has 2 aromatic carbocycles. The first-order valence-electron chi connectivity index (χ1n) is 11.7. The number of piperidine rings is 1. The SMILES string of the molecule is [B]C1CN(Cc2ccc(COc3cccc4c3CN(C3CCC(=O)NC3=O)C4=O)cc2)C([B])CO1. The van der Waals surface area contributed by atoms with Gasteiger partial charge in [0.2, 0.25) is 11.8 Å². The number of morpholine rings is 1. The highest BCUT2D eigenvalue weighted by molar-refractivity contribution is 6.13. The monoisotopic (exact) mass is 469 g/mol. The largest absolute Gasteiger partial charge is 0.489 e. The molecule has 0 aliphatic carbocycles. The molecule has 35 heavy (non-hydrogen) atoms. The molecule has 3 aliphatic heterocycles. The van der Waals surface area contributed by atoms with Crippen molar-refractivity contribution in [2.75, 3.05) is 13.2 Å². The molecule has 2 saturated heterocycles. The summed E-state index contributed by atoms with van der Waals surface area (Å²) in [7, 11) is 12.0. The molecule has 8 nitrogen and oxygen atoms in total. The molecule has 0 saturated carbocycles. The number of nitrogens with zero attached hydrogens (tertiary/aromatic N) is 2. The van der Waals surface area contributed by atoms with Crippen molar-refractivity contribution in [3.8, 4) is 5.75 Å². The lowest BCUT2D eigenvalue weighted by Crippen LogP contribution is -2.52. The van der Waals surface area contributed by atoms with Crippen LogP contribution in [0.15, 0.2) is 42.5 Å². The van der Waals surface area contributed by atoms with E-state index in [0.29, 0.717) is 44.0 Å². The third-order valence-electron chi connectivity index (χ3n) is 6.71. The summed E-state index contributed by atoms with van der Waals surface area (Å²) < 4.78 is 11.5. The predicted octanol–water partition coefficient (Wildman–Crippen LogP) is 0.848. The zero-order valence-corrected chi connectivity index (χ0v) is 19.3. The van der Waals surface area contributed by atoms with Crippen molar-refractivity contribution < 1.29 is 23.9 Å². The molecule has 4 radical (unpaired) electrons. The van der Waals surface area contributed by atoms with Crippen LogP contribution in [0.5, 0.6) is 5.75 Å². The van der Waals surface area contributed by atoms with E-state index in [9.17, 15) is 14.4 Å². The smallest absolute Gasteiger partial charge is 0.255 e. The molecular formula is C25H25B2N3O5. The topological polar surface area (TPSA) is 88.2 Å². The van der Waals surface area contributed by atoms with Crippen LogP contribution in [0, 0.1) is 0 Å². The first-order valence-corrected chi connectivity index (χ1v) is 11.7. The molecule has 0 bridgehead atoms. The zero-order valence-electron chi connectivity index (χ0n) is 19.3. The average molecular weight is 469 g/mol. The Balaban J connectivity index is 1.22. The van der Waals surface area contributed by atoms with Crippen molar-refractivity contribution in [2.45, 2.75) is 50.5 Å². The number of imide groups is 1. The Morgan fingerprint density at radius 1 is 1.06 bits per heavy atom. The standard InChI is InChI=1S/C25H25B2N3O5/c26-21-14-35-22(27)12-29(21)10-15-4-6-16(7-5-15)13-34-20-3-1-2-17-18(20)11-30(25(17)33)19-8-9-23(31)28-24(19)32/h1-7,19,21-22H,8-14H2,(H,28,31,32). The van der Waals surface area contributed by atoms with Crippen LogP contribution in [0.2, 0.25) is 0 Å². The summed E-state index contributed by atoms with van der Waals surface area (Å²) in [4.78, 5) is 40.4. The Bertz CT molecular complexity index is 1140. The number of benzene rings is 2. The molecule has 176 valence electrons. The summed E-state index contributed by atoms with van der Waals surface area (Å²) in [5, 5.41) is 2.32. The highest BCUT2D eigenvalue weighted by Crippen LogP contribution is 2.34. The van der Waals surface area contributed by atoms with Gasteiger partial charge in [-0.25, -0.2) is 0 Å². The summed E-state index contributed by atoms with van der Waals surface area (Å²) in [6.45, 7) is 2.30. The number of rotatable bonds is 6. The van der Waals surface area contributed by atoms with Crippen molar-refractivity contribution >= 4 is 33.4 Å². The Morgan fingerprint density at radius 2 is 1.83 bits per heavy atom. The minimum absolute atomic E-state index is 0.180. The number of ether oxygens (including phenoxy) is 2. The Labute approximate surface area is 206 Å². The third-order valence-corrected chi connectivity index (χ3v) is 6.71. The second-order valence-electron chi connectivity index (χ2n) is 9.16. The van der Waals surface area contributed by atoms with E-state index in [0.717, 1.165) is 16.7 Å². The second-order valence-corrected chi connectivity index (χ2v) is 9.16. The molecule has 0 aromatic heterocycles. The van der Waals surface area contributed by atoms with Gasteiger partial charge in [-0.1, -0.05) is 30.3 Å². The molecule has 3 atom stereocenters.